The normalized spacial score (nSPS) is 27.6. The third kappa shape index (κ3) is 3.37. The Bertz CT molecular complexity index is 639. The maximum absolute atomic E-state index is 12.2. The Kier molecular flexibility index (Phi) is 3.65. The number of carbonyl (C=O) groups excluding carboxylic acids is 1. The van der Waals surface area contributed by atoms with Crippen molar-refractivity contribution in [3.63, 3.8) is 0 Å². The summed E-state index contributed by atoms with van der Waals surface area (Å²) in [4.78, 5) is 12.2. The number of benzene rings is 1. The molecule has 0 unspecified atom stereocenters. The third-order valence-corrected chi connectivity index (χ3v) is 5.11. The van der Waals surface area contributed by atoms with Crippen LogP contribution < -0.4 is 10.0 Å². The van der Waals surface area contributed by atoms with Crippen molar-refractivity contribution < 1.29 is 13.2 Å². The highest BCUT2D eigenvalue weighted by atomic mass is 32.2. The summed E-state index contributed by atoms with van der Waals surface area (Å²) in [5.41, 5.74) is 1.03. The van der Waals surface area contributed by atoms with E-state index in [2.05, 4.69) is 10.0 Å². The van der Waals surface area contributed by atoms with Gasteiger partial charge in [-0.15, -0.1) is 0 Å². The van der Waals surface area contributed by atoms with Crippen LogP contribution >= 0.6 is 0 Å². The monoisotopic (exact) mass is 308 g/mol. The van der Waals surface area contributed by atoms with Gasteiger partial charge in [0.1, 0.15) is 0 Å². The van der Waals surface area contributed by atoms with E-state index in [-0.39, 0.29) is 5.91 Å². The van der Waals surface area contributed by atoms with E-state index in [1.165, 1.54) is 19.3 Å². The van der Waals surface area contributed by atoms with Gasteiger partial charge < -0.3 is 5.32 Å². The zero-order chi connectivity index (χ0) is 15.0. The summed E-state index contributed by atoms with van der Waals surface area (Å²) < 4.78 is 24.6. The maximum atomic E-state index is 12.2. The summed E-state index contributed by atoms with van der Waals surface area (Å²) in [7, 11) is -3.29. The zero-order valence-corrected chi connectivity index (χ0v) is 12.8. The average Bonchev–Trinajstić information content (AvgIpc) is 3.00. The lowest BCUT2D eigenvalue weighted by atomic mass is 9.95. The van der Waals surface area contributed by atoms with Crippen molar-refractivity contribution in [1.29, 1.82) is 0 Å². The second-order valence-corrected chi connectivity index (χ2v) is 7.95. The molecule has 0 saturated heterocycles. The van der Waals surface area contributed by atoms with Crippen molar-refractivity contribution in [3.05, 3.63) is 29.8 Å². The molecule has 2 N–H and O–H groups in total. The van der Waals surface area contributed by atoms with Crippen LogP contribution in [0.4, 0.5) is 5.69 Å². The molecule has 1 amide bonds. The summed E-state index contributed by atoms with van der Waals surface area (Å²) >= 11 is 0. The van der Waals surface area contributed by atoms with Crippen molar-refractivity contribution in [2.45, 2.75) is 31.7 Å². The van der Waals surface area contributed by atoms with Crippen molar-refractivity contribution >= 4 is 21.6 Å². The van der Waals surface area contributed by atoms with Crippen molar-refractivity contribution in [3.8, 4) is 0 Å². The molecular formula is C15H20N2O3S. The molecule has 0 aliphatic heterocycles. The summed E-state index contributed by atoms with van der Waals surface area (Å²) in [5, 5.41) is 3.12. The average molecular weight is 308 g/mol. The van der Waals surface area contributed by atoms with Crippen LogP contribution in [0.15, 0.2) is 24.3 Å². The molecule has 0 spiro atoms. The fourth-order valence-electron chi connectivity index (χ4n) is 3.58. The van der Waals surface area contributed by atoms with Gasteiger partial charge in [-0.2, -0.15) is 0 Å². The van der Waals surface area contributed by atoms with Gasteiger partial charge >= 0.3 is 0 Å². The largest absolute Gasteiger partial charge is 0.349 e. The molecular weight excluding hydrogens is 288 g/mol. The molecule has 3 rings (SSSR count). The van der Waals surface area contributed by atoms with E-state index in [9.17, 15) is 13.2 Å². The molecule has 2 bridgehead atoms. The molecule has 5 nitrogen and oxygen atoms in total. The first kappa shape index (κ1) is 14.4. The van der Waals surface area contributed by atoms with E-state index >= 15 is 0 Å². The van der Waals surface area contributed by atoms with Gasteiger partial charge in [-0.25, -0.2) is 8.42 Å². The number of rotatable bonds is 4. The van der Waals surface area contributed by atoms with E-state index in [1.807, 2.05) is 0 Å². The lowest BCUT2D eigenvalue weighted by Crippen LogP contribution is -2.38. The topological polar surface area (TPSA) is 75.3 Å². The standard InChI is InChI=1S/C15H20N2O3S/c1-21(19,20)17-13-6-4-11(5-7-13)15(18)16-14-9-10-2-3-12(14)8-10/h4-7,10,12,14,17H,2-3,8-9H2,1H3,(H,16,18)/t10-,12-,14-/m0/s1. The van der Waals surface area contributed by atoms with Gasteiger partial charge in [-0.1, -0.05) is 6.42 Å². The quantitative estimate of drug-likeness (QED) is 0.893. The molecule has 6 heteroatoms. The van der Waals surface area contributed by atoms with Crippen molar-refractivity contribution in [1.82, 2.24) is 5.32 Å². The number of nitrogens with one attached hydrogen (secondary N) is 2. The lowest BCUT2D eigenvalue weighted by molar-refractivity contribution is 0.0923. The molecule has 0 radical (unpaired) electrons. The number of hydrogen-bond acceptors (Lipinski definition) is 3. The Morgan fingerprint density at radius 2 is 1.86 bits per heavy atom. The van der Waals surface area contributed by atoms with Crippen LogP contribution in [-0.4, -0.2) is 26.6 Å². The van der Waals surface area contributed by atoms with Gasteiger partial charge in [-0.3, -0.25) is 9.52 Å². The molecule has 2 aliphatic rings. The van der Waals surface area contributed by atoms with E-state index in [4.69, 9.17) is 0 Å². The van der Waals surface area contributed by atoms with Gasteiger partial charge in [0.15, 0.2) is 0 Å². The van der Waals surface area contributed by atoms with Gasteiger partial charge in [0, 0.05) is 17.3 Å². The van der Waals surface area contributed by atoms with Crippen LogP contribution in [0.2, 0.25) is 0 Å². The van der Waals surface area contributed by atoms with Crippen LogP contribution in [0.25, 0.3) is 0 Å². The molecule has 21 heavy (non-hydrogen) atoms. The molecule has 114 valence electrons. The molecule has 1 aromatic carbocycles. The number of carbonyl (C=O) groups is 1. The fraction of sp³-hybridized carbons (Fsp3) is 0.533. The minimum atomic E-state index is -3.29. The lowest BCUT2D eigenvalue weighted by Gasteiger charge is -2.22. The number of fused-ring (bicyclic) bond motifs is 2. The smallest absolute Gasteiger partial charge is 0.251 e. The molecule has 0 aromatic heterocycles. The van der Waals surface area contributed by atoms with Crippen LogP contribution in [0, 0.1) is 11.8 Å². The Balaban J connectivity index is 1.62. The van der Waals surface area contributed by atoms with E-state index < -0.39 is 10.0 Å². The first-order valence-electron chi connectivity index (χ1n) is 7.29. The highest BCUT2D eigenvalue weighted by Gasteiger charge is 2.40. The maximum Gasteiger partial charge on any atom is 0.251 e. The summed E-state index contributed by atoms with van der Waals surface area (Å²) in [6, 6.07) is 6.82. The van der Waals surface area contributed by atoms with Crippen molar-refractivity contribution in [2.24, 2.45) is 11.8 Å². The Labute approximate surface area is 125 Å². The molecule has 3 atom stereocenters. The first-order valence-corrected chi connectivity index (χ1v) is 9.18. The number of sulfonamides is 1. The van der Waals surface area contributed by atoms with Crippen LogP contribution in [0.3, 0.4) is 0 Å². The van der Waals surface area contributed by atoms with Gasteiger partial charge in [-0.05, 0) is 55.4 Å². The van der Waals surface area contributed by atoms with Crippen LogP contribution in [-0.2, 0) is 10.0 Å². The molecule has 2 aliphatic carbocycles. The fourth-order valence-corrected chi connectivity index (χ4v) is 4.14. The Hall–Kier alpha value is -1.56. The third-order valence-electron chi connectivity index (χ3n) is 4.50. The van der Waals surface area contributed by atoms with E-state index in [0.29, 0.717) is 23.2 Å². The number of hydrogen-bond donors (Lipinski definition) is 2. The SMILES string of the molecule is CS(=O)(=O)Nc1ccc(C(=O)N[C@H]2C[C@H]3CC[C@H]2C3)cc1. The highest BCUT2D eigenvalue weighted by Crippen LogP contribution is 2.44. The molecule has 1 aromatic rings. The van der Waals surface area contributed by atoms with E-state index in [1.54, 1.807) is 24.3 Å². The van der Waals surface area contributed by atoms with Gasteiger partial charge in [0.2, 0.25) is 10.0 Å². The Morgan fingerprint density at radius 3 is 2.38 bits per heavy atom. The van der Waals surface area contributed by atoms with Crippen LogP contribution in [0.1, 0.15) is 36.0 Å². The first-order chi connectivity index (χ1) is 9.90. The molecule has 0 heterocycles. The Morgan fingerprint density at radius 1 is 1.14 bits per heavy atom. The second kappa shape index (κ2) is 5.33. The summed E-state index contributed by atoms with van der Waals surface area (Å²) in [5.74, 6) is 1.37. The number of anilines is 1. The predicted molar refractivity (Wildman–Crippen MR) is 81.6 cm³/mol. The van der Waals surface area contributed by atoms with Gasteiger partial charge in [0.05, 0.1) is 6.26 Å². The predicted octanol–water partition coefficient (Wildman–Crippen LogP) is 1.98. The number of amides is 1. The minimum absolute atomic E-state index is 0.0709. The van der Waals surface area contributed by atoms with Gasteiger partial charge in [0.25, 0.3) is 5.91 Å². The second-order valence-electron chi connectivity index (χ2n) is 6.21. The zero-order valence-electron chi connectivity index (χ0n) is 12.0. The van der Waals surface area contributed by atoms with Crippen molar-refractivity contribution in [2.75, 3.05) is 11.0 Å². The molecule has 2 fully saturated rings. The highest BCUT2D eigenvalue weighted by molar-refractivity contribution is 7.92. The molecule has 2 saturated carbocycles. The minimum Gasteiger partial charge on any atom is -0.349 e. The van der Waals surface area contributed by atoms with E-state index in [0.717, 1.165) is 18.6 Å². The summed E-state index contributed by atoms with van der Waals surface area (Å²) in [6.45, 7) is 0. The summed E-state index contributed by atoms with van der Waals surface area (Å²) in [6.07, 6.45) is 5.99. The van der Waals surface area contributed by atoms with Crippen LogP contribution in [0.5, 0.6) is 0 Å².